The molecule has 19 heavy (non-hydrogen) atoms. The van der Waals surface area contributed by atoms with E-state index in [4.69, 9.17) is 10.5 Å². The molecule has 0 radical (unpaired) electrons. The summed E-state index contributed by atoms with van der Waals surface area (Å²) < 4.78 is 7.88. The third kappa shape index (κ3) is 3.45. The lowest BCUT2D eigenvalue weighted by Gasteiger charge is -2.09. The van der Waals surface area contributed by atoms with Crippen LogP contribution < -0.4 is 5.73 Å². The van der Waals surface area contributed by atoms with Gasteiger partial charge in [0.1, 0.15) is 5.82 Å². The van der Waals surface area contributed by atoms with E-state index >= 15 is 0 Å². The number of nitrogens with zero attached hydrogens (tertiary/aromatic N) is 2. The van der Waals surface area contributed by atoms with E-state index in [1.54, 1.807) is 7.11 Å². The highest BCUT2D eigenvalue weighted by molar-refractivity contribution is 14.1. The molecule has 0 aliphatic rings. The molecule has 0 aliphatic carbocycles. The number of halogens is 3. The number of nitrogen functional groups attached to an aromatic ring is 1. The van der Waals surface area contributed by atoms with E-state index < -0.39 is 0 Å². The summed E-state index contributed by atoms with van der Waals surface area (Å²) in [5.74, 6) is 1.06. The molecule has 2 N–H and O–H groups in total. The van der Waals surface area contributed by atoms with E-state index in [1.165, 1.54) is 0 Å². The highest BCUT2D eigenvalue weighted by Crippen LogP contribution is 2.29. The Hall–Kier alpha value is -0.250. The Morgan fingerprint density at radius 3 is 2.63 bits per heavy atom. The average Bonchev–Trinajstić information content (AvgIpc) is 2.38. The molecule has 0 atom stereocenters. The van der Waals surface area contributed by atoms with Crippen molar-refractivity contribution < 1.29 is 4.74 Å². The topological polar surface area (TPSA) is 61.0 Å². The maximum atomic E-state index is 5.92. The Bertz CT molecular complexity index is 622. The number of hydrogen-bond acceptors (Lipinski definition) is 4. The summed E-state index contributed by atoms with van der Waals surface area (Å²) in [7, 11) is 1.63. The van der Waals surface area contributed by atoms with Gasteiger partial charge in [-0.2, -0.15) is 0 Å². The van der Waals surface area contributed by atoms with Crippen molar-refractivity contribution in [3.05, 3.63) is 36.4 Å². The minimum absolute atomic E-state index is 0.412. The maximum Gasteiger partial charge on any atom is 0.161 e. The molecule has 0 fully saturated rings. The van der Waals surface area contributed by atoms with Crippen LogP contribution in [0.2, 0.25) is 0 Å². The number of anilines is 1. The van der Waals surface area contributed by atoms with Gasteiger partial charge in [-0.05, 0) is 72.6 Å². The zero-order chi connectivity index (χ0) is 14.0. The number of nitrogens with two attached hydrogens (primary N) is 1. The van der Waals surface area contributed by atoms with Crippen LogP contribution in [-0.2, 0) is 11.3 Å². The van der Waals surface area contributed by atoms with Gasteiger partial charge in [-0.25, -0.2) is 9.97 Å². The van der Waals surface area contributed by atoms with Gasteiger partial charge in [0.15, 0.2) is 5.82 Å². The SMILES string of the molecule is COCc1nc(-c2ccc(Br)c(Br)c2)nc(N)c1I. The first-order valence-corrected chi connectivity index (χ1v) is 7.95. The smallest absolute Gasteiger partial charge is 0.161 e. The second-order valence-electron chi connectivity index (χ2n) is 3.76. The van der Waals surface area contributed by atoms with Crippen LogP contribution >= 0.6 is 54.5 Å². The van der Waals surface area contributed by atoms with Crippen molar-refractivity contribution in [1.82, 2.24) is 9.97 Å². The van der Waals surface area contributed by atoms with Crippen LogP contribution in [0.1, 0.15) is 5.69 Å². The van der Waals surface area contributed by atoms with E-state index in [2.05, 4.69) is 64.4 Å². The van der Waals surface area contributed by atoms with Crippen molar-refractivity contribution >= 4 is 60.3 Å². The maximum absolute atomic E-state index is 5.92. The molecule has 2 aromatic rings. The van der Waals surface area contributed by atoms with Gasteiger partial charge in [0.05, 0.1) is 15.9 Å². The summed E-state index contributed by atoms with van der Waals surface area (Å²) in [6, 6.07) is 5.82. The number of ether oxygens (including phenoxy) is 1. The normalized spacial score (nSPS) is 10.7. The molecule has 0 saturated carbocycles. The van der Waals surface area contributed by atoms with Crippen LogP contribution in [0.5, 0.6) is 0 Å². The Morgan fingerprint density at radius 1 is 1.26 bits per heavy atom. The van der Waals surface area contributed by atoms with E-state index in [0.29, 0.717) is 18.2 Å². The van der Waals surface area contributed by atoms with Crippen LogP contribution in [0.4, 0.5) is 5.82 Å². The third-order valence-corrected chi connectivity index (χ3v) is 5.46. The van der Waals surface area contributed by atoms with Crippen LogP contribution in [0, 0.1) is 3.57 Å². The molecule has 2 rings (SSSR count). The summed E-state index contributed by atoms with van der Waals surface area (Å²) >= 11 is 9.03. The van der Waals surface area contributed by atoms with E-state index in [9.17, 15) is 0 Å². The van der Waals surface area contributed by atoms with E-state index in [0.717, 1.165) is 23.8 Å². The standard InChI is InChI=1S/C12H10Br2IN3O/c1-19-5-9-10(15)11(16)18-12(17-9)6-2-3-7(13)8(14)4-6/h2-4H,5H2,1H3,(H2,16,17,18). The van der Waals surface area contributed by atoms with Gasteiger partial charge in [-0.1, -0.05) is 0 Å². The highest BCUT2D eigenvalue weighted by atomic mass is 127. The van der Waals surface area contributed by atoms with E-state index in [-0.39, 0.29) is 0 Å². The molecule has 0 saturated heterocycles. The van der Waals surface area contributed by atoms with Crippen LogP contribution in [0.15, 0.2) is 27.1 Å². The Morgan fingerprint density at radius 2 is 2.00 bits per heavy atom. The van der Waals surface area contributed by atoms with Crippen LogP contribution in [-0.4, -0.2) is 17.1 Å². The minimum Gasteiger partial charge on any atom is -0.383 e. The number of hydrogen-bond donors (Lipinski definition) is 1. The van der Waals surface area contributed by atoms with Crippen molar-refractivity contribution in [2.75, 3.05) is 12.8 Å². The number of rotatable bonds is 3. The van der Waals surface area contributed by atoms with Crippen molar-refractivity contribution in [3.63, 3.8) is 0 Å². The van der Waals surface area contributed by atoms with Crippen molar-refractivity contribution in [1.29, 1.82) is 0 Å². The molecule has 0 spiro atoms. The average molecular weight is 499 g/mol. The number of aromatic nitrogens is 2. The molecule has 4 nitrogen and oxygen atoms in total. The molecule has 100 valence electrons. The van der Waals surface area contributed by atoms with Crippen LogP contribution in [0.3, 0.4) is 0 Å². The van der Waals surface area contributed by atoms with Crippen molar-refractivity contribution in [2.24, 2.45) is 0 Å². The zero-order valence-electron chi connectivity index (χ0n) is 9.95. The molecule has 0 amide bonds. The predicted octanol–water partition coefficient (Wildman–Crippen LogP) is 4.00. The number of benzene rings is 1. The van der Waals surface area contributed by atoms with Crippen molar-refractivity contribution in [2.45, 2.75) is 6.61 Å². The zero-order valence-corrected chi connectivity index (χ0v) is 15.3. The first-order valence-electron chi connectivity index (χ1n) is 5.29. The summed E-state index contributed by atoms with van der Waals surface area (Å²) in [5.41, 5.74) is 7.62. The molecule has 0 unspecified atom stereocenters. The highest BCUT2D eigenvalue weighted by Gasteiger charge is 2.12. The van der Waals surface area contributed by atoms with Crippen molar-refractivity contribution in [3.8, 4) is 11.4 Å². The second kappa shape index (κ2) is 6.47. The lowest BCUT2D eigenvalue weighted by Crippen LogP contribution is -2.05. The fraction of sp³-hybridized carbons (Fsp3) is 0.167. The fourth-order valence-corrected chi connectivity index (χ4v) is 2.53. The Labute approximate surface area is 141 Å². The monoisotopic (exact) mass is 497 g/mol. The van der Waals surface area contributed by atoms with Gasteiger partial charge in [0.25, 0.3) is 0 Å². The molecular weight excluding hydrogens is 489 g/mol. The van der Waals surface area contributed by atoms with Gasteiger partial charge in [0, 0.05) is 21.6 Å². The summed E-state index contributed by atoms with van der Waals surface area (Å²) in [4.78, 5) is 8.83. The molecule has 0 bridgehead atoms. The largest absolute Gasteiger partial charge is 0.383 e. The summed E-state index contributed by atoms with van der Waals surface area (Å²) in [6.45, 7) is 0.412. The minimum atomic E-state index is 0.412. The molecular formula is C12H10Br2IN3O. The van der Waals surface area contributed by atoms with Crippen LogP contribution in [0.25, 0.3) is 11.4 Å². The Balaban J connectivity index is 2.52. The predicted molar refractivity (Wildman–Crippen MR) is 90.7 cm³/mol. The quantitative estimate of drug-likeness (QED) is 0.650. The van der Waals surface area contributed by atoms with Gasteiger partial charge >= 0.3 is 0 Å². The lowest BCUT2D eigenvalue weighted by molar-refractivity contribution is 0.181. The van der Waals surface area contributed by atoms with E-state index in [1.807, 2.05) is 18.2 Å². The molecule has 7 heteroatoms. The fourth-order valence-electron chi connectivity index (χ4n) is 1.51. The molecule has 0 aliphatic heterocycles. The molecule has 1 aromatic carbocycles. The lowest BCUT2D eigenvalue weighted by atomic mass is 10.2. The summed E-state index contributed by atoms with van der Waals surface area (Å²) in [6.07, 6.45) is 0. The second-order valence-corrected chi connectivity index (χ2v) is 6.54. The van der Waals surface area contributed by atoms with Gasteiger partial charge in [-0.15, -0.1) is 0 Å². The third-order valence-electron chi connectivity index (χ3n) is 2.40. The van der Waals surface area contributed by atoms with Gasteiger partial charge < -0.3 is 10.5 Å². The Kier molecular flexibility index (Phi) is 5.15. The first-order chi connectivity index (χ1) is 9.02. The summed E-state index contributed by atoms with van der Waals surface area (Å²) in [5, 5.41) is 0. The van der Waals surface area contributed by atoms with Gasteiger partial charge in [0.2, 0.25) is 0 Å². The van der Waals surface area contributed by atoms with Gasteiger partial charge in [-0.3, -0.25) is 0 Å². The molecule has 1 aromatic heterocycles. The first kappa shape index (κ1) is 15.1. The molecule has 1 heterocycles. The number of methoxy groups -OCH3 is 1.